The van der Waals surface area contributed by atoms with Crippen molar-refractivity contribution in [3.63, 3.8) is 0 Å². The van der Waals surface area contributed by atoms with E-state index in [1.54, 1.807) is 26.1 Å². The van der Waals surface area contributed by atoms with Gasteiger partial charge in [-0.3, -0.25) is 14.5 Å². The molecule has 184 valence electrons. The highest BCUT2D eigenvalue weighted by Gasteiger charge is 2.54. The molecule has 2 atom stereocenters. The SMILES string of the molecule is CCON=C(C(=O)NC1C(=O)N2C(C(=O)O)=C(CSc3nnnn3C)CS[C@@H]12)c1cccc(O)c1. The van der Waals surface area contributed by atoms with Gasteiger partial charge in [0.05, 0.1) is 0 Å². The number of hydrogen-bond acceptors (Lipinski definition) is 11. The minimum atomic E-state index is -1.22. The van der Waals surface area contributed by atoms with Crippen LogP contribution in [0.5, 0.6) is 5.75 Å². The standard InChI is InChI=1S/C20H21N7O6S2/c1-3-33-23-13(10-5-4-6-12(28)7-10)16(29)21-14-17(30)27-15(19(31)32)11(8-34-18(14)27)9-35-20-22-24-25-26(20)2/h4-7,14,18,28H,3,8-9H2,1-2H3,(H,21,29)(H,31,32)/t14?,18-/m0/s1. The number of aryl methyl sites for hydroxylation is 1. The lowest BCUT2D eigenvalue weighted by atomic mass is 10.0. The number of thioether (sulfide) groups is 2. The number of tetrazole rings is 1. The number of aliphatic carboxylic acids is 1. The van der Waals surface area contributed by atoms with Gasteiger partial charge in [-0.2, -0.15) is 0 Å². The molecular weight excluding hydrogens is 498 g/mol. The van der Waals surface area contributed by atoms with Crippen LogP contribution >= 0.6 is 23.5 Å². The number of phenols is 1. The third-order valence-corrected chi connectivity index (χ3v) is 7.55. The first-order chi connectivity index (χ1) is 16.8. The smallest absolute Gasteiger partial charge is 0.352 e. The normalized spacial score (nSPS) is 19.8. The number of carbonyl (C=O) groups excluding carboxylic acids is 2. The molecule has 3 heterocycles. The number of aromatic hydroxyl groups is 1. The lowest BCUT2D eigenvalue weighted by Crippen LogP contribution is -2.71. The van der Waals surface area contributed by atoms with E-state index in [0.29, 0.717) is 27.8 Å². The van der Waals surface area contributed by atoms with Gasteiger partial charge in [0.15, 0.2) is 5.71 Å². The largest absolute Gasteiger partial charge is 0.508 e. The van der Waals surface area contributed by atoms with Crippen LogP contribution in [0.15, 0.2) is 45.8 Å². The monoisotopic (exact) mass is 519 g/mol. The van der Waals surface area contributed by atoms with Crippen molar-refractivity contribution in [3.8, 4) is 5.75 Å². The van der Waals surface area contributed by atoms with Gasteiger partial charge in [-0.25, -0.2) is 9.48 Å². The number of nitrogens with zero attached hydrogens (tertiary/aromatic N) is 6. The second-order valence-electron chi connectivity index (χ2n) is 7.40. The fourth-order valence-corrected chi connectivity index (χ4v) is 5.84. The van der Waals surface area contributed by atoms with Crippen LogP contribution in [0.2, 0.25) is 0 Å². The molecule has 0 radical (unpaired) electrons. The van der Waals surface area contributed by atoms with Gasteiger partial charge < -0.3 is 20.4 Å². The van der Waals surface area contributed by atoms with Crippen molar-refractivity contribution in [1.29, 1.82) is 0 Å². The molecule has 13 nitrogen and oxygen atoms in total. The Hall–Kier alpha value is -3.59. The molecule has 0 spiro atoms. The molecule has 0 bridgehead atoms. The number of aromatic nitrogens is 4. The average molecular weight is 520 g/mol. The van der Waals surface area contributed by atoms with Gasteiger partial charge >= 0.3 is 5.97 Å². The number of carboxylic acid groups (broad SMARTS) is 1. The maximum atomic E-state index is 13.0. The summed E-state index contributed by atoms with van der Waals surface area (Å²) in [6.07, 6.45) is 0. The molecule has 4 rings (SSSR count). The van der Waals surface area contributed by atoms with Gasteiger partial charge in [-0.1, -0.05) is 29.1 Å². The first-order valence-corrected chi connectivity index (χ1v) is 12.4. The Kier molecular flexibility index (Phi) is 7.25. The first kappa shape index (κ1) is 24.5. The van der Waals surface area contributed by atoms with Crippen molar-refractivity contribution in [3.05, 3.63) is 41.1 Å². The Morgan fingerprint density at radius 1 is 1.40 bits per heavy atom. The van der Waals surface area contributed by atoms with Crippen LogP contribution in [0.4, 0.5) is 0 Å². The molecule has 1 fully saturated rings. The maximum absolute atomic E-state index is 13.0. The number of nitrogens with one attached hydrogen (secondary N) is 1. The van der Waals surface area contributed by atoms with Crippen molar-refractivity contribution in [2.24, 2.45) is 12.2 Å². The zero-order valence-corrected chi connectivity index (χ0v) is 20.2. The van der Waals surface area contributed by atoms with E-state index in [1.807, 2.05) is 0 Å². The van der Waals surface area contributed by atoms with Crippen LogP contribution in [-0.2, 0) is 26.3 Å². The third-order valence-electron chi connectivity index (χ3n) is 5.11. The predicted molar refractivity (Wildman–Crippen MR) is 125 cm³/mol. The van der Waals surface area contributed by atoms with Crippen LogP contribution < -0.4 is 5.32 Å². The molecule has 1 saturated heterocycles. The van der Waals surface area contributed by atoms with Gasteiger partial charge in [0.1, 0.15) is 29.5 Å². The zero-order chi connectivity index (χ0) is 25.1. The lowest BCUT2D eigenvalue weighted by Gasteiger charge is -2.49. The highest BCUT2D eigenvalue weighted by atomic mass is 32.2. The molecule has 3 N–H and O–H groups in total. The maximum Gasteiger partial charge on any atom is 0.352 e. The van der Waals surface area contributed by atoms with Crippen LogP contribution in [0.1, 0.15) is 12.5 Å². The Morgan fingerprint density at radius 3 is 2.86 bits per heavy atom. The summed E-state index contributed by atoms with van der Waals surface area (Å²) >= 11 is 2.62. The molecule has 0 saturated carbocycles. The minimum absolute atomic E-state index is 0.0630. The van der Waals surface area contributed by atoms with Crippen molar-refractivity contribution in [2.75, 3.05) is 18.1 Å². The predicted octanol–water partition coefficient (Wildman–Crippen LogP) is 0.187. The number of oxime groups is 1. The fourth-order valence-electron chi connectivity index (χ4n) is 3.51. The number of carbonyl (C=O) groups is 3. The van der Waals surface area contributed by atoms with Crippen LogP contribution in [0, 0.1) is 0 Å². The lowest BCUT2D eigenvalue weighted by molar-refractivity contribution is -0.150. The van der Waals surface area contributed by atoms with E-state index in [-0.39, 0.29) is 23.8 Å². The van der Waals surface area contributed by atoms with E-state index in [1.165, 1.54) is 45.2 Å². The number of carboxylic acids is 1. The molecule has 2 aliphatic rings. The first-order valence-electron chi connectivity index (χ1n) is 10.4. The number of phenolic OH excluding ortho intramolecular Hbond substituents is 1. The summed E-state index contributed by atoms with van der Waals surface area (Å²) in [5.41, 5.74) is 0.657. The Bertz CT molecular complexity index is 1230. The number of benzene rings is 1. The van der Waals surface area contributed by atoms with Crippen LogP contribution in [0.25, 0.3) is 0 Å². The van der Waals surface area contributed by atoms with Gasteiger partial charge in [-0.15, -0.1) is 16.9 Å². The summed E-state index contributed by atoms with van der Waals surface area (Å²) in [5, 5.41) is 37.2. The second-order valence-corrected chi connectivity index (χ2v) is 9.45. The molecular formula is C20H21N7O6S2. The summed E-state index contributed by atoms with van der Waals surface area (Å²) in [5.74, 6) is -1.86. The van der Waals surface area contributed by atoms with E-state index < -0.39 is 29.2 Å². The molecule has 2 aliphatic heterocycles. The van der Waals surface area contributed by atoms with Gasteiger partial charge in [0.25, 0.3) is 11.8 Å². The highest BCUT2D eigenvalue weighted by molar-refractivity contribution is 8.01. The quantitative estimate of drug-likeness (QED) is 0.179. The van der Waals surface area contributed by atoms with Crippen molar-refractivity contribution >= 4 is 47.0 Å². The number of fused-ring (bicyclic) bond motifs is 1. The van der Waals surface area contributed by atoms with Gasteiger partial charge in [0.2, 0.25) is 5.16 Å². The number of hydrogen-bond donors (Lipinski definition) is 3. The Morgan fingerprint density at radius 2 is 2.20 bits per heavy atom. The second kappa shape index (κ2) is 10.4. The topological polar surface area (TPSA) is 172 Å². The molecule has 15 heteroatoms. The summed E-state index contributed by atoms with van der Waals surface area (Å²) in [4.78, 5) is 44.2. The van der Waals surface area contributed by atoms with E-state index in [0.717, 1.165) is 0 Å². The number of β-lactam (4-membered cyclic amide) rings is 1. The average Bonchev–Trinajstić information content (AvgIpc) is 3.25. The minimum Gasteiger partial charge on any atom is -0.508 e. The molecule has 1 aromatic heterocycles. The molecule has 1 unspecified atom stereocenters. The highest BCUT2D eigenvalue weighted by Crippen LogP contribution is 2.41. The van der Waals surface area contributed by atoms with E-state index in [9.17, 15) is 24.6 Å². The Labute approximate surface area is 207 Å². The molecule has 2 amide bonds. The summed E-state index contributed by atoms with van der Waals surface area (Å²) in [6, 6.07) is 4.98. The fraction of sp³-hybridized carbons (Fsp3) is 0.350. The molecule has 0 aliphatic carbocycles. The van der Waals surface area contributed by atoms with Crippen molar-refractivity contribution < 1.29 is 29.4 Å². The van der Waals surface area contributed by atoms with E-state index in [2.05, 4.69) is 26.0 Å². The summed E-state index contributed by atoms with van der Waals surface area (Å²) in [7, 11) is 1.67. The number of amides is 2. The summed E-state index contributed by atoms with van der Waals surface area (Å²) < 4.78 is 1.47. The van der Waals surface area contributed by atoms with Gasteiger partial charge in [0, 0.05) is 24.1 Å². The van der Waals surface area contributed by atoms with Crippen LogP contribution in [-0.4, -0.2) is 88.3 Å². The van der Waals surface area contributed by atoms with E-state index in [4.69, 9.17) is 4.84 Å². The summed E-state index contributed by atoms with van der Waals surface area (Å²) in [6.45, 7) is 1.91. The number of rotatable bonds is 9. The zero-order valence-electron chi connectivity index (χ0n) is 18.6. The van der Waals surface area contributed by atoms with Crippen molar-refractivity contribution in [2.45, 2.75) is 23.5 Å². The molecule has 1 aromatic carbocycles. The Balaban J connectivity index is 1.51. The van der Waals surface area contributed by atoms with Crippen LogP contribution in [0.3, 0.4) is 0 Å². The van der Waals surface area contributed by atoms with Crippen molar-refractivity contribution in [1.82, 2.24) is 30.4 Å². The third kappa shape index (κ3) is 4.95. The molecule has 35 heavy (non-hydrogen) atoms. The van der Waals surface area contributed by atoms with Gasteiger partial charge in [-0.05, 0) is 35.1 Å². The molecule has 2 aromatic rings. The van der Waals surface area contributed by atoms with E-state index >= 15 is 0 Å².